The van der Waals surface area contributed by atoms with Crippen LogP contribution in [0, 0.1) is 11.3 Å². The lowest BCUT2D eigenvalue weighted by Gasteiger charge is -2.18. The van der Waals surface area contributed by atoms with E-state index in [0.717, 1.165) is 44.6 Å². The Morgan fingerprint density at radius 3 is 2.88 bits per heavy atom. The van der Waals surface area contributed by atoms with E-state index in [4.69, 9.17) is 4.74 Å². The second-order valence-electron chi connectivity index (χ2n) is 5.51. The van der Waals surface area contributed by atoms with Gasteiger partial charge in [-0.25, -0.2) is 0 Å². The number of carbonyl (C=O) groups excluding carboxylic acids is 1. The molecule has 1 heterocycles. The first-order valence-electron chi connectivity index (χ1n) is 6.68. The second-order valence-corrected chi connectivity index (χ2v) is 5.82. The SMILES string of the molecule is CCC1OCCC1CNC(=O)CC1(CS)CC1. The lowest BCUT2D eigenvalue weighted by atomic mass is 9.99. The van der Waals surface area contributed by atoms with Crippen LogP contribution in [-0.2, 0) is 9.53 Å². The molecule has 2 unspecified atom stereocenters. The molecule has 0 bridgehead atoms. The minimum absolute atomic E-state index is 0.193. The Bertz CT molecular complexity index is 279. The quantitative estimate of drug-likeness (QED) is 0.715. The largest absolute Gasteiger partial charge is 0.378 e. The summed E-state index contributed by atoms with van der Waals surface area (Å²) in [4.78, 5) is 11.8. The molecule has 3 nitrogen and oxygen atoms in total. The third-order valence-corrected chi connectivity index (χ3v) is 4.81. The summed E-state index contributed by atoms with van der Waals surface area (Å²) in [5, 5.41) is 3.07. The van der Waals surface area contributed by atoms with E-state index in [1.165, 1.54) is 0 Å². The topological polar surface area (TPSA) is 38.3 Å². The summed E-state index contributed by atoms with van der Waals surface area (Å²) in [6.45, 7) is 3.77. The maximum atomic E-state index is 11.8. The van der Waals surface area contributed by atoms with Crippen LogP contribution in [0.2, 0.25) is 0 Å². The average Bonchev–Trinajstić information content (AvgIpc) is 2.95. The van der Waals surface area contributed by atoms with Gasteiger partial charge in [-0.15, -0.1) is 0 Å². The van der Waals surface area contributed by atoms with E-state index >= 15 is 0 Å². The van der Waals surface area contributed by atoms with Gasteiger partial charge in [0.15, 0.2) is 0 Å². The molecule has 0 spiro atoms. The van der Waals surface area contributed by atoms with Gasteiger partial charge in [0.1, 0.15) is 0 Å². The molecular formula is C13H23NO2S. The van der Waals surface area contributed by atoms with Crippen molar-refractivity contribution in [3.05, 3.63) is 0 Å². The smallest absolute Gasteiger partial charge is 0.220 e. The Hall–Kier alpha value is -0.220. The maximum Gasteiger partial charge on any atom is 0.220 e. The third kappa shape index (κ3) is 3.38. The number of carbonyl (C=O) groups is 1. The molecule has 1 aliphatic heterocycles. The van der Waals surface area contributed by atoms with E-state index in [9.17, 15) is 4.79 Å². The van der Waals surface area contributed by atoms with Crippen molar-refractivity contribution >= 4 is 18.5 Å². The number of thiol groups is 1. The molecule has 2 fully saturated rings. The average molecular weight is 257 g/mol. The molecule has 1 N–H and O–H groups in total. The van der Waals surface area contributed by atoms with E-state index in [0.29, 0.717) is 18.4 Å². The van der Waals surface area contributed by atoms with Crippen LogP contribution in [0.3, 0.4) is 0 Å². The van der Waals surface area contributed by atoms with E-state index in [1.807, 2.05) is 0 Å². The molecule has 1 aliphatic carbocycles. The second kappa shape index (κ2) is 5.61. The van der Waals surface area contributed by atoms with Crippen molar-refractivity contribution in [3.63, 3.8) is 0 Å². The molecule has 4 heteroatoms. The van der Waals surface area contributed by atoms with Crippen LogP contribution in [0.25, 0.3) is 0 Å². The third-order valence-electron chi connectivity index (χ3n) is 4.14. The molecule has 2 aliphatic rings. The number of rotatable bonds is 6. The highest BCUT2D eigenvalue weighted by Crippen LogP contribution is 2.49. The fourth-order valence-corrected chi connectivity index (χ4v) is 3.02. The van der Waals surface area contributed by atoms with Crippen LogP contribution in [0.15, 0.2) is 0 Å². The molecule has 2 atom stereocenters. The van der Waals surface area contributed by atoms with E-state index in [1.54, 1.807) is 0 Å². The first kappa shape index (κ1) is 13.2. The summed E-state index contributed by atoms with van der Waals surface area (Å²) in [5.41, 5.74) is 0.226. The van der Waals surface area contributed by atoms with E-state index < -0.39 is 0 Å². The highest BCUT2D eigenvalue weighted by atomic mass is 32.1. The first-order chi connectivity index (χ1) is 8.19. The van der Waals surface area contributed by atoms with Crippen LogP contribution < -0.4 is 5.32 Å². The van der Waals surface area contributed by atoms with Gasteiger partial charge in [-0.05, 0) is 36.9 Å². The molecule has 1 amide bonds. The Morgan fingerprint density at radius 1 is 1.53 bits per heavy atom. The molecule has 0 aromatic rings. The van der Waals surface area contributed by atoms with Crippen molar-refractivity contribution < 1.29 is 9.53 Å². The summed E-state index contributed by atoms with van der Waals surface area (Å²) < 4.78 is 5.62. The minimum Gasteiger partial charge on any atom is -0.378 e. The van der Waals surface area contributed by atoms with Gasteiger partial charge in [0.05, 0.1) is 6.10 Å². The van der Waals surface area contributed by atoms with Crippen LogP contribution >= 0.6 is 12.6 Å². The summed E-state index contributed by atoms with van der Waals surface area (Å²) in [6, 6.07) is 0. The zero-order chi connectivity index (χ0) is 12.3. The normalized spacial score (nSPS) is 30.2. The zero-order valence-corrected chi connectivity index (χ0v) is 11.5. The van der Waals surface area contributed by atoms with Crippen molar-refractivity contribution in [3.8, 4) is 0 Å². The molecule has 0 aromatic carbocycles. The van der Waals surface area contributed by atoms with Gasteiger partial charge in [-0.2, -0.15) is 12.6 Å². The molecule has 98 valence electrons. The molecule has 0 aromatic heterocycles. The lowest BCUT2D eigenvalue weighted by Crippen LogP contribution is -2.34. The van der Waals surface area contributed by atoms with Crippen molar-refractivity contribution in [1.29, 1.82) is 0 Å². The molecule has 1 saturated carbocycles. The van der Waals surface area contributed by atoms with Crippen LogP contribution in [0.4, 0.5) is 0 Å². The van der Waals surface area contributed by atoms with Crippen LogP contribution in [0.1, 0.15) is 39.0 Å². The first-order valence-corrected chi connectivity index (χ1v) is 7.31. The number of hydrogen-bond acceptors (Lipinski definition) is 3. The van der Waals surface area contributed by atoms with Crippen molar-refractivity contribution in [2.75, 3.05) is 18.9 Å². The lowest BCUT2D eigenvalue weighted by molar-refractivity contribution is -0.122. The fraction of sp³-hybridized carbons (Fsp3) is 0.923. The molecule has 2 rings (SSSR count). The standard InChI is InChI=1S/C13H23NO2S/c1-2-11-10(3-6-16-11)8-14-12(15)7-13(9-17)4-5-13/h10-11,17H,2-9H2,1H3,(H,14,15). The predicted molar refractivity (Wildman–Crippen MR) is 71.3 cm³/mol. The van der Waals surface area contributed by atoms with E-state index in [-0.39, 0.29) is 11.3 Å². The van der Waals surface area contributed by atoms with Crippen LogP contribution in [0.5, 0.6) is 0 Å². The number of hydrogen-bond donors (Lipinski definition) is 2. The van der Waals surface area contributed by atoms with Gasteiger partial charge in [0.25, 0.3) is 0 Å². The fourth-order valence-electron chi connectivity index (χ4n) is 2.59. The molecular weight excluding hydrogens is 234 g/mol. The monoisotopic (exact) mass is 257 g/mol. The van der Waals surface area contributed by atoms with Gasteiger partial charge >= 0.3 is 0 Å². The van der Waals surface area contributed by atoms with Gasteiger partial charge in [-0.1, -0.05) is 6.92 Å². The molecule has 1 saturated heterocycles. The van der Waals surface area contributed by atoms with Gasteiger partial charge in [-0.3, -0.25) is 4.79 Å². The molecule has 17 heavy (non-hydrogen) atoms. The van der Waals surface area contributed by atoms with E-state index in [2.05, 4.69) is 24.9 Å². The minimum atomic E-state index is 0.193. The molecule has 0 radical (unpaired) electrons. The van der Waals surface area contributed by atoms with Crippen molar-refractivity contribution in [2.45, 2.75) is 45.1 Å². The summed E-state index contributed by atoms with van der Waals surface area (Å²) in [7, 11) is 0. The van der Waals surface area contributed by atoms with Crippen molar-refractivity contribution in [1.82, 2.24) is 5.32 Å². The number of ether oxygens (including phenoxy) is 1. The summed E-state index contributed by atoms with van der Waals surface area (Å²) >= 11 is 4.32. The Labute approximate surface area is 109 Å². The summed E-state index contributed by atoms with van der Waals surface area (Å²) in [5.74, 6) is 1.54. The maximum absolute atomic E-state index is 11.8. The van der Waals surface area contributed by atoms with Crippen LogP contribution in [-0.4, -0.2) is 30.9 Å². The summed E-state index contributed by atoms with van der Waals surface area (Å²) in [6.07, 6.45) is 5.44. The number of amides is 1. The Morgan fingerprint density at radius 2 is 2.29 bits per heavy atom. The number of nitrogens with one attached hydrogen (secondary N) is 1. The van der Waals surface area contributed by atoms with Crippen molar-refractivity contribution in [2.24, 2.45) is 11.3 Å². The van der Waals surface area contributed by atoms with Gasteiger partial charge < -0.3 is 10.1 Å². The highest BCUT2D eigenvalue weighted by Gasteiger charge is 2.42. The van der Waals surface area contributed by atoms with Gasteiger partial charge in [0, 0.05) is 25.5 Å². The Kier molecular flexibility index (Phi) is 4.36. The highest BCUT2D eigenvalue weighted by molar-refractivity contribution is 7.80. The Balaban J connectivity index is 1.69. The zero-order valence-electron chi connectivity index (χ0n) is 10.6. The predicted octanol–water partition coefficient (Wildman–Crippen LogP) is 2.02. The van der Waals surface area contributed by atoms with Gasteiger partial charge in [0.2, 0.25) is 5.91 Å².